The molecule has 1 aromatic heterocycles. The first-order valence-electron chi connectivity index (χ1n) is 6.38. The van der Waals surface area contributed by atoms with Crippen molar-refractivity contribution in [3.8, 4) is 0 Å². The molecule has 4 nitrogen and oxygen atoms in total. The number of carbonyl (C=O) groups excluding carboxylic acids is 1. The molecule has 1 fully saturated rings. The molecule has 2 N–H and O–H groups in total. The number of nitrogens with one attached hydrogen (secondary N) is 1. The van der Waals surface area contributed by atoms with Crippen LogP contribution in [0.4, 0.5) is 0 Å². The number of thioether (sulfide) groups is 1. The highest BCUT2D eigenvalue weighted by Gasteiger charge is 2.41. The van der Waals surface area contributed by atoms with Crippen molar-refractivity contribution >= 4 is 46.6 Å². The number of aliphatic carboxylic acids is 1. The summed E-state index contributed by atoms with van der Waals surface area (Å²) in [5.41, 5.74) is -1.07. The lowest BCUT2D eigenvalue weighted by Gasteiger charge is -2.33. The number of thiophene rings is 1. The number of hydrogen-bond donors (Lipinski definition) is 2. The van der Waals surface area contributed by atoms with Crippen molar-refractivity contribution in [2.24, 2.45) is 0 Å². The first-order chi connectivity index (χ1) is 9.52. The van der Waals surface area contributed by atoms with Crippen LogP contribution >= 0.6 is 34.7 Å². The van der Waals surface area contributed by atoms with E-state index in [2.05, 4.69) is 5.32 Å². The summed E-state index contributed by atoms with van der Waals surface area (Å²) in [6, 6.07) is 3.70. The summed E-state index contributed by atoms with van der Waals surface area (Å²) in [4.78, 5) is 24.5. The molecule has 1 amide bonds. The Morgan fingerprint density at radius 1 is 1.35 bits per heavy atom. The molecule has 0 aliphatic carbocycles. The zero-order valence-corrected chi connectivity index (χ0v) is 13.2. The largest absolute Gasteiger partial charge is 0.480 e. The number of halogens is 1. The molecule has 0 spiro atoms. The fourth-order valence-electron chi connectivity index (χ4n) is 2.16. The van der Waals surface area contributed by atoms with Gasteiger partial charge in [-0.25, -0.2) is 4.79 Å². The van der Waals surface area contributed by atoms with Gasteiger partial charge >= 0.3 is 5.97 Å². The van der Waals surface area contributed by atoms with E-state index >= 15 is 0 Å². The van der Waals surface area contributed by atoms with E-state index in [9.17, 15) is 14.7 Å². The van der Waals surface area contributed by atoms with Crippen molar-refractivity contribution in [2.45, 2.75) is 31.2 Å². The van der Waals surface area contributed by atoms with Crippen molar-refractivity contribution in [2.75, 3.05) is 11.5 Å². The maximum Gasteiger partial charge on any atom is 0.329 e. The van der Waals surface area contributed by atoms with Gasteiger partial charge < -0.3 is 10.4 Å². The number of carbonyl (C=O) groups is 2. The van der Waals surface area contributed by atoms with Gasteiger partial charge in [0, 0.05) is 11.3 Å². The van der Waals surface area contributed by atoms with Crippen molar-refractivity contribution in [3.05, 3.63) is 21.3 Å². The van der Waals surface area contributed by atoms with Crippen LogP contribution in [-0.4, -0.2) is 34.0 Å². The van der Waals surface area contributed by atoms with E-state index < -0.39 is 11.5 Å². The normalized spacial score (nSPS) is 17.6. The van der Waals surface area contributed by atoms with Gasteiger partial charge in [-0.05, 0) is 42.9 Å². The van der Waals surface area contributed by atoms with Gasteiger partial charge in [-0.3, -0.25) is 4.79 Å². The lowest BCUT2D eigenvalue weighted by molar-refractivity contribution is -0.148. The van der Waals surface area contributed by atoms with E-state index in [0.29, 0.717) is 30.0 Å². The van der Waals surface area contributed by atoms with Gasteiger partial charge in [-0.1, -0.05) is 11.6 Å². The van der Waals surface area contributed by atoms with Gasteiger partial charge in [0.15, 0.2) is 0 Å². The highest BCUT2D eigenvalue weighted by atomic mass is 35.5. The summed E-state index contributed by atoms with van der Waals surface area (Å²) in [5.74, 6) is 0.411. The van der Waals surface area contributed by atoms with Gasteiger partial charge in [0.1, 0.15) is 5.54 Å². The average Bonchev–Trinajstić information content (AvgIpc) is 2.83. The molecular formula is C13H16ClNO3S2. The Kier molecular flexibility index (Phi) is 5.35. The molecule has 0 aromatic carbocycles. The molecule has 1 aromatic rings. The molecule has 20 heavy (non-hydrogen) atoms. The predicted molar refractivity (Wildman–Crippen MR) is 82.7 cm³/mol. The third kappa shape index (κ3) is 3.90. The van der Waals surface area contributed by atoms with Crippen LogP contribution in [0.2, 0.25) is 4.34 Å². The average molecular weight is 334 g/mol. The predicted octanol–water partition coefficient (Wildman–Crippen LogP) is 2.80. The first-order valence-corrected chi connectivity index (χ1v) is 8.73. The Bertz CT molecular complexity index is 498. The number of aryl methyl sites for hydroxylation is 1. The van der Waals surface area contributed by atoms with Crippen LogP contribution in [-0.2, 0) is 16.0 Å². The summed E-state index contributed by atoms with van der Waals surface area (Å²) in [5, 5.41) is 12.1. The fourth-order valence-corrected chi connectivity index (χ4v) is 4.44. The molecule has 1 aliphatic heterocycles. The van der Waals surface area contributed by atoms with Gasteiger partial charge in [-0.2, -0.15) is 11.8 Å². The number of amides is 1. The molecule has 2 heterocycles. The summed E-state index contributed by atoms with van der Waals surface area (Å²) < 4.78 is 0.701. The maximum atomic E-state index is 12.0. The van der Waals surface area contributed by atoms with Gasteiger partial charge in [0.25, 0.3) is 0 Å². The van der Waals surface area contributed by atoms with Crippen molar-refractivity contribution in [1.29, 1.82) is 0 Å². The van der Waals surface area contributed by atoms with Gasteiger partial charge in [0.2, 0.25) is 5.91 Å². The van der Waals surface area contributed by atoms with E-state index in [1.165, 1.54) is 11.3 Å². The molecule has 7 heteroatoms. The second-order valence-electron chi connectivity index (χ2n) is 4.75. The minimum Gasteiger partial charge on any atom is -0.480 e. The zero-order chi connectivity index (χ0) is 14.6. The van der Waals surface area contributed by atoms with Crippen LogP contribution < -0.4 is 5.32 Å². The molecule has 0 atom stereocenters. The number of rotatable bonds is 5. The van der Waals surface area contributed by atoms with Gasteiger partial charge in [-0.15, -0.1) is 11.3 Å². The minimum atomic E-state index is -1.07. The summed E-state index contributed by atoms with van der Waals surface area (Å²) in [7, 11) is 0. The highest BCUT2D eigenvalue weighted by Crippen LogP contribution is 2.28. The van der Waals surface area contributed by atoms with Crippen LogP contribution in [0, 0.1) is 0 Å². The second kappa shape index (κ2) is 6.83. The molecule has 0 unspecified atom stereocenters. The lowest BCUT2D eigenvalue weighted by atomic mass is 9.92. The second-order valence-corrected chi connectivity index (χ2v) is 7.78. The summed E-state index contributed by atoms with van der Waals surface area (Å²) >= 11 is 9.01. The first kappa shape index (κ1) is 15.7. The topological polar surface area (TPSA) is 66.4 Å². The van der Waals surface area contributed by atoms with Crippen LogP contribution in [0.5, 0.6) is 0 Å². The van der Waals surface area contributed by atoms with Crippen LogP contribution in [0.25, 0.3) is 0 Å². The van der Waals surface area contributed by atoms with Crippen LogP contribution in [0.1, 0.15) is 24.1 Å². The van der Waals surface area contributed by atoms with Gasteiger partial charge in [0.05, 0.1) is 4.34 Å². The third-order valence-electron chi connectivity index (χ3n) is 3.36. The maximum absolute atomic E-state index is 12.0. The van der Waals surface area contributed by atoms with E-state index in [4.69, 9.17) is 11.6 Å². The SMILES string of the molecule is O=C(CCc1ccc(Cl)s1)NC1(C(=O)O)CCSCC1. The monoisotopic (exact) mass is 333 g/mol. The van der Waals surface area contributed by atoms with E-state index in [1.54, 1.807) is 17.8 Å². The number of carboxylic acid groups (broad SMARTS) is 1. The lowest BCUT2D eigenvalue weighted by Crippen LogP contribution is -2.56. The molecule has 1 aliphatic rings. The highest BCUT2D eigenvalue weighted by molar-refractivity contribution is 7.99. The van der Waals surface area contributed by atoms with E-state index in [-0.39, 0.29) is 5.91 Å². The van der Waals surface area contributed by atoms with E-state index in [1.807, 2.05) is 6.07 Å². The Hall–Kier alpha value is -0.720. The quantitative estimate of drug-likeness (QED) is 0.869. The molecular weight excluding hydrogens is 318 g/mol. The molecule has 110 valence electrons. The van der Waals surface area contributed by atoms with Crippen LogP contribution in [0.15, 0.2) is 12.1 Å². The van der Waals surface area contributed by atoms with E-state index in [0.717, 1.165) is 16.4 Å². The minimum absolute atomic E-state index is 0.205. The standard InChI is InChI=1S/C13H16ClNO3S2/c14-10-3-1-9(20-10)2-4-11(16)15-13(12(17)18)5-7-19-8-6-13/h1,3H,2,4-8H2,(H,15,16)(H,17,18). The molecule has 2 rings (SSSR count). The smallest absolute Gasteiger partial charge is 0.329 e. The zero-order valence-electron chi connectivity index (χ0n) is 10.9. The summed E-state index contributed by atoms with van der Waals surface area (Å²) in [6.45, 7) is 0. The Morgan fingerprint density at radius 3 is 2.60 bits per heavy atom. The Labute approximate surface area is 130 Å². The Morgan fingerprint density at radius 2 is 2.05 bits per heavy atom. The van der Waals surface area contributed by atoms with Crippen molar-refractivity contribution in [3.63, 3.8) is 0 Å². The molecule has 0 bridgehead atoms. The third-order valence-corrected chi connectivity index (χ3v) is 5.64. The Balaban J connectivity index is 1.90. The van der Waals surface area contributed by atoms with Crippen molar-refractivity contribution in [1.82, 2.24) is 5.32 Å². The molecule has 1 saturated heterocycles. The molecule has 0 saturated carbocycles. The number of carboxylic acids is 1. The summed E-state index contributed by atoms with van der Waals surface area (Å²) in [6.07, 6.45) is 1.86. The van der Waals surface area contributed by atoms with Crippen LogP contribution in [0.3, 0.4) is 0 Å². The van der Waals surface area contributed by atoms with Crippen molar-refractivity contribution < 1.29 is 14.7 Å². The fraction of sp³-hybridized carbons (Fsp3) is 0.538. The number of hydrogen-bond acceptors (Lipinski definition) is 4. The molecule has 0 radical (unpaired) electrons.